The Morgan fingerprint density at radius 1 is 1.13 bits per heavy atom. The van der Waals surface area contributed by atoms with Crippen LogP contribution in [0.5, 0.6) is 0 Å². The number of nitrogens with zero attached hydrogens (tertiary/aromatic N) is 1. The minimum atomic E-state index is -4.53. The van der Waals surface area contributed by atoms with Crippen molar-refractivity contribution in [1.29, 1.82) is 0 Å². The Morgan fingerprint density at radius 3 is 2.59 bits per heavy atom. The van der Waals surface area contributed by atoms with Crippen LogP contribution in [-0.4, -0.2) is 70.0 Å². The molecule has 0 unspecified atom stereocenters. The fraction of sp³-hybridized carbons (Fsp3) is 0.714. The number of amides is 3. The van der Waals surface area contributed by atoms with Gasteiger partial charge in [0.1, 0.15) is 0 Å². The predicted molar refractivity (Wildman–Crippen MR) is 142 cm³/mol. The molecule has 1 saturated heterocycles. The number of urea groups is 1. The molecule has 1 aromatic rings. The summed E-state index contributed by atoms with van der Waals surface area (Å²) in [6, 6.07) is 3.90. The summed E-state index contributed by atoms with van der Waals surface area (Å²) < 4.78 is 52.4. The lowest BCUT2D eigenvalue weighted by Crippen LogP contribution is -2.51. The van der Waals surface area contributed by atoms with Crippen LogP contribution in [0.4, 0.5) is 22.8 Å². The number of rotatable bonds is 11. The zero-order valence-corrected chi connectivity index (χ0v) is 23.1. The molecule has 3 amide bonds. The van der Waals surface area contributed by atoms with Crippen LogP contribution in [0.2, 0.25) is 0 Å². The van der Waals surface area contributed by atoms with Crippen molar-refractivity contribution in [2.24, 2.45) is 5.92 Å². The number of ether oxygens (including phenoxy) is 2. The molecule has 1 aliphatic heterocycles. The van der Waals surface area contributed by atoms with Crippen molar-refractivity contribution >= 4 is 12.1 Å². The number of piperidine rings is 1. The minimum absolute atomic E-state index is 0.0176. The number of hydrogen-bond donors (Lipinski definition) is 3. The number of likely N-dealkylation sites (N-methyl/N-ethyl adjacent to an activating group) is 1. The summed E-state index contributed by atoms with van der Waals surface area (Å²) in [5, 5.41) is 8.81. The summed E-state index contributed by atoms with van der Waals surface area (Å²) in [5.74, 6) is 0.130. The first-order valence-electron chi connectivity index (χ1n) is 14.0. The van der Waals surface area contributed by atoms with Crippen LogP contribution in [0.1, 0.15) is 74.0 Å². The highest BCUT2D eigenvalue weighted by atomic mass is 19.4. The van der Waals surface area contributed by atoms with Crippen molar-refractivity contribution in [2.45, 2.75) is 76.1 Å². The third kappa shape index (κ3) is 9.56. The number of carbonyl (C=O) groups excluding carboxylic acids is 2. The zero-order valence-electron chi connectivity index (χ0n) is 23.1. The van der Waals surface area contributed by atoms with Crippen LogP contribution in [0.25, 0.3) is 0 Å². The Hall–Kier alpha value is -2.53. The number of nitrogens with one attached hydrogen (secondary N) is 3. The van der Waals surface area contributed by atoms with E-state index in [1.165, 1.54) is 45.3 Å². The van der Waals surface area contributed by atoms with Gasteiger partial charge in [-0.05, 0) is 49.4 Å². The number of methoxy groups -OCH3 is 1. The summed E-state index contributed by atoms with van der Waals surface area (Å²) in [7, 11) is 3.11. The Bertz CT molecular complexity index is 925. The molecule has 2 fully saturated rings. The summed E-state index contributed by atoms with van der Waals surface area (Å²) in [4.78, 5) is 26.1. The Labute approximate surface area is 229 Å². The fourth-order valence-corrected chi connectivity index (χ4v) is 5.88. The van der Waals surface area contributed by atoms with E-state index in [4.69, 9.17) is 4.74 Å². The van der Waals surface area contributed by atoms with E-state index in [0.717, 1.165) is 12.5 Å². The van der Waals surface area contributed by atoms with E-state index in [2.05, 4.69) is 20.7 Å². The maximum atomic E-state index is 14.1. The highest BCUT2D eigenvalue weighted by Crippen LogP contribution is 2.40. The number of alkyl halides is 3. The molecule has 3 rings (SSSR count). The molecule has 11 heteroatoms. The van der Waals surface area contributed by atoms with Gasteiger partial charge in [0.25, 0.3) is 0 Å². The maximum Gasteiger partial charge on any atom is 0.416 e. The number of hydrogen-bond acceptors (Lipinski definition) is 5. The molecule has 1 saturated carbocycles. The van der Waals surface area contributed by atoms with Gasteiger partial charge >= 0.3 is 18.3 Å². The predicted octanol–water partition coefficient (Wildman–Crippen LogP) is 5.03. The van der Waals surface area contributed by atoms with Gasteiger partial charge in [-0.2, -0.15) is 13.2 Å². The smallest absolute Gasteiger partial charge is 0.416 e. The first-order chi connectivity index (χ1) is 18.7. The molecule has 1 aliphatic carbocycles. The molecule has 0 radical (unpaired) electrons. The second kappa shape index (κ2) is 15.3. The quantitative estimate of drug-likeness (QED) is 0.333. The Balaban J connectivity index is 1.69. The minimum Gasteiger partial charge on any atom is -0.453 e. The van der Waals surface area contributed by atoms with Crippen LogP contribution in [0, 0.1) is 5.92 Å². The van der Waals surface area contributed by atoms with Gasteiger partial charge in [-0.3, -0.25) is 0 Å². The van der Waals surface area contributed by atoms with E-state index < -0.39 is 23.8 Å². The molecule has 2 aliphatic rings. The average Bonchev–Trinajstić information content (AvgIpc) is 2.92. The molecule has 3 N–H and O–H groups in total. The number of benzene rings is 1. The lowest BCUT2D eigenvalue weighted by atomic mass is 9.84. The lowest BCUT2D eigenvalue weighted by Gasteiger charge is -2.36. The van der Waals surface area contributed by atoms with Crippen LogP contribution in [-0.2, 0) is 22.3 Å². The number of carbonyl (C=O) groups is 2. The van der Waals surface area contributed by atoms with Crippen molar-refractivity contribution in [3.63, 3.8) is 0 Å². The summed E-state index contributed by atoms with van der Waals surface area (Å²) in [6.45, 7) is 1.65. The van der Waals surface area contributed by atoms with Crippen molar-refractivity contribution in [1.82, 2.24) is 20.9 Å². The second-order valence-electron chi connectivity index (χ2n) is 10.6. The highest BCUT2D eigenvalue weighted by Gasteiger charge is 2.38. The van der Waals surface area contributed by atoms with E-state index in [0.29, 0.717) is 37.4 Å². The molecule has 0 aromatic heterocycles. The first-order valence-corrected chi connectivity index (χ1v) is 14.0. The van der Waals surface area contributed by atoms with Gasteiger partial charge in [-0.1, -0.05) is 44.2 Å². The lowest BCUT2D eigenvalue weighted by molar-refractivity contribution is -0.138. The molecule has 1 aromatic carbocycles. The molecule has 2 atom stereocenters. The summed E-state index contributed by atoms with van der Waals surface area (Å²) in [5.41, 5.74) is -0.0492. The van der Waals surface area contributed by atoms with E-state index in [1.54, 1.807) is 11.0 Å². The molecule has 1 heterocycles. The molecule has 8 nitrogen and oxygen atoms in total. The molecule has 0 spiro atoms. The molecule has 0 bridgehead atoms. The van der Waals surface area contributed by atoms with Gasteiger partial charge in [-0.25, -0.2) is 9.59 Å². The monoisotopic (exact) mass is 556 g/mol. The zero-order chi connectivity index (χ0) is 28.3. The number of likely N-dealkylation sites (tertiary alicyclic amines) is 1. The third-order valence-corrected chi connectivity index (χ3v) is 7.70. The van der Waals surface area contributed by atoms with Crippen molar-refractivity contribution in [3.05, 3.63) is 34.9 Å². The van der Waals surface area contributed by atoms with Crippen LogP contribution in [0.3, 0.4) is 0 Å². The van der Waals surface area contributed by atoms with Gasteiger partial charge < -0.3 is 30.3 Å². The standard InChI is InChI=1S/C28H43F3N4O4/c1-32-17-23(16-20-8-4-3-5-9-20)34-26(36)35-14-7-11-21(18-35)25-22(10-6-12-24(25)28(29,30)31)19-39-15-13-33-27(37)38-2/h6,10,12,20-21,23,32H,3-5,7-9,11,13-19H2,1-2H3,(H,33,37)(H,34,36)/t21-,23-/m0/s1. The average molecular weight is 557 g/mol. The number of alkyl carbamates (subject to hydrolysis) is 1. The first kappa shape index (κ1) is 31.0. The maximum absolute atomic E-state index is 14.1. The molecule has 220 valence electrons. The molecular weight excluding hydrogens is 513 g/mol. The van der Waals surface area contributed by atoms with E-state index in [9.17, 15) is 22.8 Å². The summed E-state index contributed by atoms with van der Waals surface area (Å²) in [6.07, 6.45) is 3.03. The summed E-state index contributed by atoms with van der Waals surface area (Å²) >= 11 is 0. The molecular formula is C28H43F3N4O4. The van der Waals surface area contributed by atoms with E-state index in [-0.39, 0.29) is 43.9 Å². The van der Waals surface area contributed by atoms with E-state index >= 15 is 0 Å². The van der Waals surface area contributed by atoms with Crippen molar-refractivity contribution < 1.29 is 32.2 Å². The largest absolute Gasteiger partial charge is 0.453 e. The van der Waals surface area contributed by atoms with Crippen molar-refractivity contribution in [3.8, 4) is 0 Å². The van der Waals surface area contributed by atoms with Gasteiger partial charge in [0, 0.05) is 38.1 Å². The topological polar surface area (TPSA) is 91.9 Å². The van der Waals surface area contributed by atoms with Crippen LogP contribution in [0.15, 0.2) is 18.2 Å². The fourth-order valence-electron chi connectivity index (χ4n) is 5.88. The van der Waals surface area contributed by atoms with Gasteiger partial charge in [-0.15, -0.1) is 0 Å². The van der Waals surface area contributed by atoms with Gasteiger partial charge in [0.2, 0.25) is 0 Å². The second-order valence-corrected chi connectivity index (χ2v) is 10.6. The van der Waals surface area contributed by atoms with Crippen molar-refractivity contribution in [2.75, 3.05) is 46.9 Å². The Morgan fingerprint density at radius 2 is 1.90 bits per heavy atom. The van der Waals surface area contributed by atoms with Gasteiger partial charge in [0.15, 0.2) is 0 Å². The normalized spacial score (nSPS) is 19.4. The SMILES string of the molecule is CNC[C@H](CC1CCCCC1)NC(=O)N1CCC[C@H](c2c(COCCNC(=O)OC)cccc2C(F)(F)F)C1. The van der Waals surface area contributed by atoms with E-state index in [1.807, 2.05) is 7.05 Å². The van der Waals surface area contributed by atoms with Crippen LogP contribution < -0.4 is 16.0 Å². The van der Waals surface area contributed by atoms with Gasteiger partial charge in [0.05, 0.1) is 25.9 Å². The Kier molecular flexibility index (Phi) is 12.2. The number of halogens is 3. The third-order valence-electron chi connectivity index (χ3n) is 7.70. The highest BCUT2D eigenvalue weighted by molar-refractivity contribution is 5.74. The van der Waals surface area contributed by atoms with Crippen LogP contribution >= 0.6 is 0 Å². The molecule has 39 heavy (non-hydrogen) atoms.